The summed E-state index contributed by atoms with van der Waals surface area (Å²) in [4.78, 5) is 4.64. The highest BCUT2D eigenvalue weighted by atomic mass is 79.9. The van der Waals surface area contributed by atoms with Crippen LogP contribution in [0.5, 0.6) is 11.5 Å². The molecule has 1 atom stereocenters. The highest BCUT2D eigenvalue weighted by molar-refractivity contribution is 9.10. The lowest BCUT2D eigenvalue weighted by Gasteiger charge is -2.33. The van der Waals surface area contributed by atoms with Crippen molar-refractivity contribution in [2.75, 3.05) is 20.3 Å². The third-order valence-electron chi connectivity index (χ3n) is 4.21. The highest BCUT2D eigenvalue weighted by Gasteiger charge is 2.47. The number of methoxy groups -OCH3 is 1. The van der Waals surface area contributed by atoms with Crippen molar-refractivity contribution >= 4 is 22.0 Å². The number of amidine groups is 1. The fraction of sp³-hybridized carbons (Fsp3) is 0.211. The molecule has 2 N–H and O–H groups in total. The summed E-state index contributed by atoms with van der Waals surface area (Å²) in [6, 6.07) is 11.8. The van der Waals surface area contributed by atoms with E-state index in [2.05, 4.69) is 32.8 Å². The molecule has 0 amide bonds. The first-order valence-corrected chi connectivity index (χ1v) is 8.50. The summed E-state index contributed by atoms with van der Waals surface area (Å²) < 4.78 is 17.5. The number of halogens is 1. The van der Waals surface area contributed by atoms with Gasteiger partial charge in [0, 0.05) is 28.3 Å². The van der Waals surface area contributed by atoms with E-state index in [0.717, 1.165) is 32.7 Å². The van der Waals surface area contributed by atoms with Crippen molar-refractivity contribution in [2.24, 2.45) is 10.7 Å². The van der Waals surface area contributed by atoms with Crippen LogP contribution >= 0.6 is 15.9 Å². The lowest BCUT2D eigenvalue weighted by atomic mass is 9.81. The minimum absolute atomic E-state index is 0.176. The first-order chi connectivity index (χ1) is 12.1. The van der Waals surface area contributed by atoms with Crippen molar-refractivity contribution in [3.05, 3.63) is 57.6 Å². The Morgan fingerprint density at radius 1 is 1.24 bits per heavy atom. The van der Waals surface area contributed by atoms with Crippen molar-refractivity contribution in [1.29, 1.82) is 0 Å². The first-order valence-electron chi connectivity index (χ1n) is 7.71. The Kier molecular flexibility index (Phi) is 3.91. The summed E-state index contributed by atoms with van der Waals surface area (Å²) in [5, 5.41) is 0. The quantitative estimate of drug-likeness (QED) is 0.749. The van der Waals surface area contributed by atoms with E-state index in [1.807, 2.05) is 36.4 Å². The summed E-state index contributed by atoms with van der Waals surface area (Å²) in [5.41, 5.74) is 7.80. The molecule has 0 saturated heterocycles. The van der Waals surface area contributed by atoms with E-state index in [9.17, 15) is 0 Å². The summed E-state index contributed by atoms with van der Waals surface area (Å²) in [6.45, 7) is 0.705. The summed E-state index contributed by atoms with van der Waals surface area (Å²) in [6.07, 6.45) is 0. The minimum Gasteiger partial charge on any atom is -0.462 e. The van der Waals surface area contributed by atoms with Crippen LogP contribution in [0.25, 0.3) is 0 Å². The lowest BCUT2D eigenvalue weighted by molar-refractivity contribution is 0.240. The van der Waals surface area contributed by atoms with Gasteiger partial charge in [-0.3, -0.25) is 0 Å². The highest BCUT2D eigenvalue weighted by Crippen LogP contribution is 2.51. The SMILES string of the molecule is COCC#Cc1ccc2c(c1)C1(COC(N)=N1)c1cc(Br)ccc1O2. The first kappa shape index (κ1) is 16.0. The van der Waals surface area contributed by atoms with Crippen LogP contribution in [0.3, 0.4) is 0 Å². The molecule has 2 aliphatic rings. The molecular weight excluding hydrogens is 384 g/mol. The van der Waals surface area contributed by atoms with Crippen LogP contribution in [0.1, 0.15) is 16.7 Å². The zero-order chi connectivity index (χ0) is 17.4. The van der Waals surface area contributed by atoms with Crippen LogP contribution in [0.15, 0.2) is 45.9 Å². The standard InChI is InChI=1S/C19H15BrN2O3/c1-23-8-2-3-12-4-6-16-14(9-12)19(11-24-18(21)22-19)15-10-13(20)5-7-17(15)25-16/h4-7,9-10H,8,11H2,1H3,(H2,21,22). The van der Waals surface area contributed by atoms with Gasteiger partial charge in [-0.1, -0.05) is 27.8 Å². The van der Waals surface area contributed by atoms with Gasteiger partial charge >= 0.3 is 0 Å². The van der Waals surface area contributed by atoms with Gasteiger partial charge in [0.15, 0.2) is 5.54 Å². The molecule has 2 aromatic rings. The fourth-order valence-electron chi connectivity index (χ4n) is 3.12. The van der Waals surface area contributed by atoms with Crippen molar-refractivity contribution in [2.45, 2.75) is 5.54 Å². The van der Waals surface area contributed by atoms with E-state index in [1.54, 1.807) is 7.11 Å². The van der Waals surface area contributed by atoms with E-state index in [-0.39, 0.29) is 6.02 Å². The molecule has 2 aromatic carbocycles. The normalized spacial score (nSPS) is 19.8. The molecular formula is C19H15BrN2O3. The van der Waals surface area contributed by atoms with Gasteiger partial charge in [0.2, 0.25) is 0 Å². The molecule has 4 rings (SSSR count). The maximum atomic E-state index is 6.08. The second-order valence-electron chi connectivity index (χ2n) is 5.79. The molecule has 0 saturated carbocycles. The topological polar surface area (TPSA) is 66.1 Å². The molecule has 0 radical (unpaired) electrons. The van der Waals surface area contributed by atoms with Crippen LogP contribution < -0.4 is 10.5 Å². The van der Waals surface area contributed by atoms with Gasteiger partial charge in [-0.15, -0.1) is 0 Å². The average molecular weight is 399 g/mol. The third-order valence-corrected chi connectivity index (χ3v) is 4.70. The molecule has 126 valence electrons. The number of nitrogens with zero attached hydrogens (tertiary/aromatic N) is 1. The van der Waals surface area contributed by atoms with Crippen LogP contribution in [0.2, 0.25) is 0 Å². The van der Waals surface area contributed by atoms with Crippen LogP contribution in [-0.2, 0) is 15.0 Å². The number of nitrogens with two attached hydrogens (primary N) is 1. The van der Waals surface area contributed by atoms with Crippen molar-refractivity contribution in [1.82, 2.24) is 0 Å². The number of aliphatic imine (C=N–C) groups is 1. The molecule has 0 bridgehead atoms. The Labute approximate surface area is 153 Å². The number of hydrogen-bond donors (Lipinski definition) is 1. The predicted octanol–water partition coefficient (Wildman–Crippen LogP) is 3.14. The minimum atomic E-state index is -0.726. The molecule has 1 unspecified atom stereocenters. The van der Waals surface area contributed by atoms with Crippen molar-refractivity contribution in [3.8, 4) is 23.3 Å². The van der Waals surface area contributed by atoms with Gasteiger partial charge < -0.3 is 19.9 Å². The Bertz CT molecular complexity index is 945. The Morgan fingerprint density at radius 2 is 2.00 bits per heavy atom. The van der Waals surface area contributed by atoms with Gasteiger partial charge in [-0.25, -0.2) is 4.99 Å². The average Bonchev–Trinajstić information content (AvgIpc) is 2.99. The van der Waals surface area contributed by atoms with E-state index < -0.39 is 5.54 Å². The van der Waals surface area contributed by atoms with Gasteiger partial charge in [-0.2, -0.15) is 0 Å². The smallest absolute Gasteiger partial charge is 0.283 e. The molecule has 1 spiro atoms. The third kappa shape index (κ3) is 2.66. The Morgan fingerprint density at radius 3 is 2.72 bits per heavy atom. The van der Waals surface area contributed by atoms with E-state index in [1.165, 1.54) is 0 Å². The summed E-state index contributed by atoms with van der Waals surface area (Å²) >= 11 is 3.52. The molecule has 6 heteroatoms. The monoisotopic (exact) mass is 398 g/mol. The Balaban J connectivity index is 1.90. The fourth-order valence-corrected chi connectivity index (χ4v) is 3.48. The number of fused-ring (bicyclic) bond motifs is 4. The molecule has 2 aliphatic heterocycles. The molecule has 2 heterocycles. The maximum Gasteiger partial charge on any atom is 0.283 e. The molecule has 0 aromatic heterocycles. The van der Waals surface area contributed by atoms with E-state index >= 15 is 0 Å². The number of hydrogen-bond acceptors (Lipinski definition) is 5. The second-order valence-corrected chi connectivity index (χ2v) is 6.70. The summed E-state index contributed by atoms with van der Waals surface area (Å²) in [7, 11) is 1.62. The van der Waals surface area contributed by atoms with Gasteiger partial charge in [0.05, 0.1) is 0 Å². The van der Waals surface area contributed by atoms with Gasteiger partial charge in [0.1, 0.15) is 24.7 Å². The number of rotatable bonds is 1. The maximum absolute atomic E-state index is 6.08. The number of benzene rings is 2. The number of ether oxygens (including phenoxy) is 3. The van der Waals surface area contributed by atoms with Gasteiger partial charge in [-0.05, 0) is 36.4 Å². The zero-order valence-electron chi connectivity index (χ0n) is 13.5. The zero-order valence-corrected chi connectivity index (χ0v) is 15.1. The largest absolute Gasteiger partial charge is 0.462 e. The van der Waals surface area contributed by atoms with E-state index in [0.29, 0.717) is 13.2 Å². The second kappa shape index (κ2) is 6.10. The lowest BCUT2D eigenvalue weighted by Crippen LogP contribution is -2.31. The van der Waals surface area contributed by atoms with Crippen molar-refractivity contribution < 1.29 is 14.2 Å². The molecule has 0 fully saturated rings. The van der Waals surface area contributed by atoms with Crippen LogP contribution in [0, 0.1) is 11.8 Å². The van der Waals surface area contributed by atoms with Crippen LogP contribution in [0.4, 0.5) is 0 Å². The Hall–Kier alpha value is -2.49. The van der Waals surface area contributed by atoms with Crippen LogP contribution in [-0.4, -0.2) is 26.3 Å². The summed E-state index contributed by atoms with van der Waals surface area (Å²) in [5.74, 6) is 7.53. The van der Waals surface area contributed by atoms with Gasteiger partial charge in [0.25, 0.3) is 6.02 Å². The van der Waals surface area contributed by atoms with E-state index in [4.69, 9.17) is 19.9 Å². The molecule has 25 heavy (non-hydrogen) atoms. The molecule has 0 aliphatic carbocycles. The molecule has 5 nitrogen and oxygen atoms in total. The predicted molar refractivity (Wildman–Crippen MR) is 97.8 cm³/mol. The van der Waals surface area contributed by atoms with Crippen molar-refractivity contribution in [3.63, 3.8) is 0 Å².